The molecular weight excluding hydrogens is 289 g/mol. The number of aromatic nitrogens is 1. The van der Waals surface area contributed by atoms with Crippen molar-refractivity contribution in [1.82, 2.24) is 14.8 Å². The second kappa shape index (κ2) is 6.51. The molecule has 0 aliphatic carbocycles. The zero-order valence-electron chi connectivity index (χ0n) is 11.7. The summed E-state index contributed by atoms with van der Waals surface area (Å²) < 4.78 is 37.5. The predicted molar refractivity (Wildman–Crippen MR) is 70.5 cm³/mol. The van der Waals surface area contributed by atoms with Crippen LogP contribution in [-0.4, -0.2) is 47.6 Å². The molecule has 0 bridgehead atoms. The van der Waals surface area contributed by atoms with E-state index in [-0.39, 0.29) is 5.69 Å². The third-order valence-corrected chi connectivity index (χ3v) is 2.69. The lowest BCUT2D eigenvalue weighted by Crippen LogP contribution is -2.42. The number of likely N-dealkylation sites (N-methyl/N-ethyl adjacent to an activating group) is 1. The van der Waals surface area contributed by atoms with Gasteiger partial charge in [-0.15, -0.1) is 0 Å². The van der Waals surface area contributed by atoms with Crippen LogP contribution in [0.25, 0.3) is 0 Å². The summed E-state index contributed by atoms with van der Waals surface area (Å²) in [6.45, 7) is 0.425. The topological polar surface area (TPSA) is 80.4 Å². The van der Waals surface area contributed by atoms with Gasteiger partial charge in [0.1, 0.15) is 12.2 Å². The van der Waals surface area contributed by atoms with Crippen molar-refractivity contribution < 1.29 is 22.8 Å². The number of rotatable bonds is 5. The minimum atomic E-state index is -4.48. The molecule has 1 aromatic heterocycles. The van der Waals surface area contributed by atoms with Crippen LogP contribution in [0.15, 0.2) is 12.3 Å². The Morgan fingerprint density at radius 1 is 1.43 bits per heavy atom. The van der Waals surface area contributed by atoms with Gasteiger partial charge in [0.15, 0.2) is 0 Å². The zero-order chi connectivity index (χ0) is 16.2. The van der Waals surface area contributed by atoms with Crippen LogP contribution in [0.2, 0.25) is 0 Å². The maximum atomic E-state index is 12.1. The Kier molecular flexibility index (Phi) is 5.23. The standard InChI is InChI=1S/C12H17F3N4O2/c1-3-19-5-8(16)4-9(19)11(21)18(2)6-10(20)17-7-12(13,14)15/h4-5H,3,6-7,16H2,1-2H3,(H,17,20). The van der Waals surface area contributed by atoms with Crippen LogP contribution in [0, 0.1) is 0 Å². The number of nitrogens with two attached hydrogens (primary N) is 1. The highest BCUT2D eigenvalue weighted by molar-refractivity contribution is 5.96. The van der Waals surface area contributed by atoms with E-state index in [1.165, 1.54) is 13.1 Å². The molecule has 0 atom stereocenters. The van der Waals surface area contributed by atoms with Gasteiger partial charge in [-0.05, 0) is 13.0 Å². The Labute approximate surface area is 119 Å². The minimum Gasteiger partial charge on any atom is -0.397 e. The first-order valence-corrected chi connectivity index (χ1v) is 6.18. The van der Waals surface area contributed by atoms with Gasteiger partial charge in [0.25, 0.3) is 5.91 Å². The smallest absolute Gasteiger partial charge is 0.397 e. The minimum absolute atomic E-state index is 0.279. The van der Waals surface area contributed by atoms with E-state index in [4.69, 9.17) is 5.73 Å². The van der Waals surface area contributed by atoms with Gasteiger partial charge in [-0.3, -0.25) is 9.59 Å². The summed E-state index contributed by atoms with van der Waals surface area (Å²) in [5, 5.41) is 1.70. The van der Waals surface area contributed by atoms with Gasteiger partial charge >= 0.3 is 6.18 Å². The van der Waals surface area contributed by atoms with Gasteiger partial charge in [-0.25, -0.2) is 0 Å². The summed E-state index contributed by atoms with van der Waals surface area (Å²) >= 11 is 0. The van der Waals surface area contributed by atoms with Crippen LogP contribution in [0.4, 0.5) is 18.9 Å². The first-order chi connectivity index (χ1) is 9.64. The molecule has 1 rings (SSSR count). The number of anilines is 1. The molecule has 9 heteroatoms. The summed E-state index contributed by atoms with van der Waals surface area (Å²) in [5.74, 6) is -1.37. The number of carbonyl (C=O) groups excluding carboxylic acids is 2. The van der Waals surface area contributed by atoms with Crippen LogP contribution < -0.4 is 11.1 Å². The number of hydrogen-bond donors (Lipinski definition) is 2. The number of nitrogens with zero attached hydrogens (tertiary/aromatic N) is 2. The molecule has 2 amide bonds. The molecule has 0 spiro atoms. The number of carbonyl (C=O) groups is 2. The zero-order valence-corrected chi connectivity index (χ0v) is 11.7. The number of hydrogen-bond acceptors (Lipinski definition) is 3. The predicted octanol–water partition coefficient (Wildman–Crippen LogP) is 0.841. The second-order valence-corrected chi connectivity index (χ2v) is 4.50. The Balaban J connectivity index is 2.64. The van der Waals surface area contributed by atoms with Crippen molar-refractivity contribution >= 4 is 17.5 Å². The molecular formula is C12H17F3N4O2. The second-order valence-electron chi connectivity index (χ2n) is 4.50. The van der Waals surface area contributed by atoms with Crippen LogP contribution >= 0.6 is 0 Å². The van der Waals surface area contributed by atoms with Crippen molar-refractivity contribution in [1.29, 1.82) is 0 Å². The Morgan fingerprint density at radius 3 is 2.57 bits per heavy atom. The third kappa shape index (κ3) is 5.01. The van der Waals surface area contributed by atoms with Gasteiger partial charge in [-0.1, -0.05) is 0 Å². The molecule has 0 aromatic carbocycles. The van der Waals surface area contributed by atoms with Crippen molar-refractivity contribution in [3.8, 4) is 0 Å². The first-order valence-electron chi connectivity index (χ1n) is 6.18. The molecule has 0 radical (unpaired) electrons. The van der Waals surface area contributed by atoms with Crippen LogP contribution in [0.5, 0.6) is 0 Å². The number of aryl methyl sites for hydroxylation is 1. The number of nitrogens with one attached hydrogen (secondary N) is 1. The largest absolute Gasteiger partial charge is 0.405 e. The Morgan fingerprint density at radius 2 is 2.05 bits per heavy atom. The van der Waals surface area contributed by atoms with E-state index in [9.17, 15) is 22.8 Å². The summed E-state index contributed by atoms with van der Waals surface area (Å²) in [6, 6.07) is 1.45. The van der Waals surface area contributed by atoms with Crippen molar-refractivity contribution in [2.45, 2.75) is 19.6 Å². The summed E-state index contributed by atoms with van der Waals surface area (Å²) in [7, 11) is 1.33. The summed E-state index contributed by atoms with van der Waals surface area (Å²) in [5.41, 5.74) is 6.27. The maximum Gasteiger partial charge on any atom is 0.405 e. The van der Waals surface area contributed by atoms with E-state index >= 15 is 0 Å². The molecule has 0 fully saturated rings. The fraction of sp³-hybridized carbons (Fsp3) is 0.500. The van der Waals surface area contributed by atoms with Gasteiger partial charge in [-0.2, -0.15) is 13.2 Å². The van der Waals surface area contributed by atoms with E-state index in [1.807, 2.05) is 6.92 Å². The van der Waals surface area contributed by atoms with Crippen molar-refractivity contribution in [2.75, 3.05) is 25.9 Å². The van der Waals surface area contributed by atoms with Gasteiger partial charge < -0.3 is 20.5 Å². The fourth-order valence-corrected chi connectivity index (χ4v) is 1.71. The molecule has 3 N–H and O–H groups in total. The highest BCUT2D eigenvalue weighted by Crippen LogP contribution is 2.13. The molecule has 0 aliphatic rings. The van der Waals surface area contributed by atoms with Crippen LogP contribution in [0.1, 0.15) is 17.4 Å². The average Bonchev–Trinajstić information content (AvgIpc) is 2.75. The van der Waals surface area contributed by atoms with Gasteiger partial charge in [0, 0.05) is 19.8 Å². The average molecular weight is 306 g/mol. The molecule has 1 aromatic rings. The Bertz CT molecular complexity index is 525. The molecule has 0 unspecified atom stereocenters. The monoisotopic (exact) mass is 306 g/mol. The lowest BCUT2D eigenvalue weighted by atomic mass is 10.3. The van der Waals surface area contributed by atoms with E-state index in [2.05, 4.69) is 0 Å². The van der Waals surface area contributed by atoms with Gasteiger partial charge in [0.05, 0.1) is 12.2 Å². The number of nitrogen functional groups attached to an aromatic ring is 1. The van der Waals surface area contributed by atoms with Crippen molar-refractivity contribution in [2.24, 2.45) is 0 Å². The van der Waals surface area contributed by atoms with E-state index in [0.29, 0.717) is 12.2 Å². The molecule has 6 nitrogen and oxygen atoms in total. The maximum absolute atomic E-state index is 12.1. The molecule has 0 saturated heterocycles. The first kappa shape index (κ1) is 16.9. The summed E-state index contributed by atoms with van der Waals surface area (Å²) in [6.07, 6.45) is -2.91. The van der Waals surface area contributed by atoms with Crippen molar-refractivity contribution in [3.63, 3.8) is 0 Å². The highest BCUT2D eigenvalue weighted by atomic mass is 19.4. The third-order valence-electron chi connectivity index (χ3n) is 2.69. The molecule has 1 heterocycles. The van der Waals surface area contributed by atoms with Crippen LogP contribution in [-0.2, 0) is 11.3 Å². The lowest BCUT2D eigenvalue weighted by molar-refractivity contribution is -0.138. The summed E-state index contributed by atoms with van der Waals surface area (Å²) in [4.78, 5) is 24.5. The fourth-order valence-electron chi connectivity index (χ4n) is 1.71. The molecule has 0 saturated carbocycles. The molecule has 118 valence electrons. The number of halogens is 3. The van der Waals surface area contributed by atoms with E-state index in [1.54, 1.807) is 16.1 Å². The normalized spacial score (nSPS) is 11.3. The van der Waals surface area contributed by atoms with Gasteiger partial charge in [0.2, 0.25) is 5.91 Å². The van der Waals surface area contributed by atoms with E-state index in [0.717, 1.165) is 4.90 Å². The highest BCUT2D eigenvalue weighted by Gasteiger charge is 2.28. The lowest BCUT2D eigenvalue weighted by Gasteiger charge is -2.18. The molecule has 21 heavy (non-hydrogen) atoms. The van der Waals surface area contributed by atoms with E-state index < -0.39 is 31.1 Å². The van der Waals surface area contributed by atoms with Crippen LogP contribution in [0.3, 0.4) is 0 Å². The quantitative estimate of drug-likeness (QED) is 0.846. The molecule has 0 aliphatic heterocycles. The number of amides is 2. The Hall–Kier alpha value is -2.19. The van der Waals surface area contributed by atoms with Crippen molar-refractivity contribution in [3.05, 3.63) is 18.0 Å². The SMILES string of the molecule is CCn1cc(N)cc1C(=O)N(C)CC(=O)NCC(F)(F)F. The number of alkyl halides is 3.